The van der Waals surface area contributed by atoms with Crippen molar-refractivity contribution in [2.45, 2.75) is 13.1 Å². The predicted octanol–water partition coefficient (Wildman–Crippen LogP) is 2.55. The molecule has 18 heavy (non-hydrogen) atoms. The molecule has 94 valence electrons. The molecule has 1 aromatic rings. The number of hydrogen-bond acceptors (Lipinski definition) is 2. The van der Waals surface area contributed by atoms with Crippen LogP contribution in [0.25, 0.3) is 0 Å². The maximum absolute atomic E-state index is 3.88. The molecule has 0 fully saturated rings. The number of hydrogen-bond donors (Lipinski definition) is 2. The van der Waals surface area contributed by atoms with E-state index in [4.69, 9.17) is 0 Å². The van der Waals surface area contributed by atoms with Gasteiger partial charge in [0, 0.05) is 26.2 Å². The first-order chi connectivity index (χ1) is 8.85. The molecule has 1 aliphatic heterocycles. The monoisotopic (exact) mass is 240 g/mol. The normalized spacial score (nSPS) is 20.9. The molecule has 1 aliphatic rings. The van der Waals surface area contributed by atoms with Gasteiger partial charge in [0.1, 0.15) is 0 Å². The van der Waals surface area contributed by atoms with Gasteiger partial charge in [0.2, 0.25) is 0 Å². The number of benzene rings is 1. The SMILES string of the molecule is C=C/C1=C(\C=C)CNCc2ccccc2CNC1. The molecule has 0 amide bonds. The molecule has 0 unspecified atom stereocenters. The summed E-state index contributed by atoms with van der Waals surface area (Å²) >= 11 is 0. The lowest BCUT2D eigenvalue weighted by Gasteiger charge is -2.17. The third kappa shape index (κ3) is 2.97. The van der Waals surface area contributed by atoms with E-state index >= 15 is 0 Å². The molecule has 0 aliphatic carbocycles. The van der Waals surface area contributed by atoms with Gasteiger partial charge in [-0.05, 0) is 22.3 Å². The van der Waals surface area contributed by atoms with Crippen molar-refractivity contribution in [1.29, 1.82) is 0 Å². The predicted molar refractivity (Wildman–Crippen MR) is 77.3 cm³/mol. The first-order valence-electron chi connectivity index (χ1n) is 6.30. The number of nitrogens with one attached hydrogen (secondary N) is 2. The second-order valence-corrected chi connectivity index (χ2v) is 4.43. The van der Waals surface area contributed by atoms with Gasteiger partial charge in [0.25, 0.3) is 0 Å². The van der Waals surface area contributed by atoms with Gasteiger partial charge in [-0.15, -0.1) is 0 Å². The van der Waals surface area contributed by atoms with Crippen LogP contribution >= 0.6 is 0 Å². The molecule has 0 bridgehead atoms. The highest BCUT2D eigenvalue weighted by Gasteiger charge is 2.06. The molecule has 0 saturated heterocycles. The van der Waals surface area contributed by atoms with E-state index in [1.54, 1.807) is 0 Å². The third-order valence-electron chi connectivity index (χ3n) is 3.29. The highest BCUT2D eigenvalue weighted by atomic mass is 14.9. The highest BCUT2D eigenvalue weighted by Crippen LogP contribution is 2.12. The number of rotatable bonds is 2. The van der Waals surface area contributed by atoms with E-state index in [-0.39, 0.29) is 0 Å². The molecular formula is C16H20N2. The summed E-state index contributed by atoms with van der Waals surface area (Å²) in [6.07, 6.45) is 3.83. The molecule has 2 nitrogen and oxygen atoms in total. The van der Waals surface area contributed by atoms with Gasteiger partial charge >= 0.3 is 0 Å². The van der Waals surface area contributed by atoms with E-state index in [2.05, 4.69) is 48.1 Å². The van der Waals surface area contributed by atoms with Crippen LogP contribution in [0.15, 0.2) is 60.7 Å². The maximum atomic E-state index is 3.88. The van der Waals surface area contributed by atoms with Crippen molar-refractivity contribution < 1.29 is 0 Å². The topological polar surface area (TPSA) is 24.1 Å². The molecule has 2 N–H and O–H groups in total. The van der Waals surface area contributed by atoms with E-state index in [9.17, 15) is 0 Å². The van der Waals surface area contributed by atoms with E-state index in [0.717, 1.165) is 26.2 Å². The lowest BCUT2D eigenvalue weighted by molar-refractivity contribution is 0.686. The fourth-order valence-electron chi connectivity index (χ4n) is 2.20. The first kappa shape index (κ1) is 12.8. The van der Waals surface area contributed by atoms with Gasteiger partial charge in [0.05, 0.1) is 0 Å². The smallest absolute Gasteiger partial charge is 0.0211 e. The van der Waals surface area contributed by atoms with Crippen molar-refractivity contribution in [1.82, 2.24) is 10.6 Å². The quantitative estimate of drug-likeness (QED) is 0.830. The van der Waals surface area contributed by atoms with Gasteiger partial charge in [-0.2, -0.15) is 0 Å². The summed E-state index contributed by atoms with van der Waals surface area (Å²) < 4.78 is 0. The summed E-state index contributed by atoms with van der Waals surface area (Å²) in [5.74, 6) is 0. The standard InChI is InChI=1S/C16H20N2/c1-3-13-9-17-11-15-7-5-6-8-16(15)12-18-10-14(13)4-2/h3-8,17-18H,1-2,9-12H2/b14-13-. The fraction of sp³-hybridized carbons (Fsp3) is 0.250. The summed E-state index contributed by atoms with van der Waals surface area (Å²) in [7, 11) is 0. The molecule has 2 heteroatoms. The zero-order valence-corrected chi connectivity index (χ0v) is 10.7. The maximum Gasteiger partial charge on any atom is 0.0211 e. The molecular weight excluding hydrogens is 220 g/mol. The average molecular weight is 240 g/mol. The molecule has 0 aromatic heterocycles. The zero-order valence-electron chi connectivity index (χ0n) is 10.7. The van der Waals surface area contributed by atoms with Crippen LogP contribution in [-0.4, -0.2) is 13.1 Å². The third-order valence-corrected chi connectivity index (χ3v) is 3.29. The Bertz CT molecular complexity index is 429. The average Bonchev–Trinajstić information content (AvgIpc) is 2.42. The van der Waals surface area contributed by atoms with Crippen molar-refractivity contribution in [3.63, 3.8) is 0 Å². The summed E-state index contributed by atoms with van der Waals surface area (Å²) in [5.41, 5.74) is 5.15. The second-order valence-electron chi connectivity index (χ2n) is 4.43. The lowest BCUT2D eigenvalue weighted by Crippen LogP contribution is -2.24. The van der Waals surface area contributed by atoms with Crippen LogP contribution in [0.3, 0.4) is 0 Å². The van der Waals surface area contributed by atoms with Gasteiger partial charge in [-0.25, -0.2) is 0 Å². The van der Waals surface area contributed by atoms with Crippen molar-refractivity contribution in [2.24, 2.45) is 0 Å². The zero-order chi connectivity index (χ0) is 12.8. The van der Waals surface area contributed by atoms with Crippen LogP contribution in [0.5, 0.6) is 0 Å². The van der Waals surface area contributed by atoms with Crippen molar-refractivity contribution in [3.05, 3.63) is 71.8 Å². The van der Waals surface area contributed by atoms with Gasteiger partial charge in [0.15, 0.2) is 0 Å². The van der Waals surface area contributed by atoms with Gasteiger partial charge in [-0.1, -0.05) is 49.6 Å². The minimum absolute atomic E-state index is 0.834. The van der Waals surface area contributed by atoms with Gasteiger partial charge < -0.3 is 10.6 Å². The van der Waals surface area contributed by atoms with Crippen molar-refractivity contribution in [2.75, 3.05) is 13.1 Å². The Morgan fingerprint density at radius 1 is 0.778 bits per heavy atom. The molecule has 2 rings (SSSR count). The van der Waals surface area contributed by atoms with Crippen LogP contribution in [-0.2, 0) is 13.1 Å². The van der Waals surface area contributed by atoms with Crippen LogP contribution in [0.1, 0.15) is 11.1 Å². The Balaban J connectivity index is 2.21. The molecule has 0 spiro atoms. The largest absolute Gasteiger partial charge is 0.309 e. The molecule has 1 heterocycles. The Hall–Kier alpha value is -1.64. The van der Waals surface area contributed by atoms with E-state index in [0.29, 0.717) is 0 Å². The Labute approximate surface area is 109 Å². The Kier molecular flexibility index (Phi) is 4.51. The molecule has 0 saturated carbocycles. The Morgan fingerprint density at radius 3 is 1.61 bits per heavy atom. The molecule has 0 atom stereocenters. The lowest BCUT2D eigenvalue weighted by atomic mass is 10.0. The number of fused-ring (bicyclic) bond motifs is 1. The summed E-state index contributed by atoms with van der Waals surface area (Å²) in [6, 6.07) is 8.53. The minimum Gasteiger partial charge on any atom is -0.309 e. The van der Waals surface area contributed by atoms with Crippen molar-refractivity contribution >= 4 is 0 Å². The Morgan fingerprint density at radius 2 is 1.22 bits per heavy atom. The fourth-order valence-corrected chi connectivity index (χ4v) is 2.20. The van der Waals surface area contributed by atoms with Crippen LogP contribution in [0, 0.1) is 0 Å². The molecule has 0 radical (unpaired) electrons. The van der Waals surface area contributed by atoms with Crippen LogP contribution in [0.2, 0.25) is 0 Å². The second kappa shape index (κ2) is 6.34. The first-order valence-corrected chi connectivity index (χ1v) is 6.30. The molecule has 1 aromatic carbocycles. The van der Waals surface area contributed by atoms with E-state index in [1.165, 1.54) is 22.3 Å². The van der Waals surface area contributed by atoms with Crippen LogP contribution < -0.4 is 10.6 Å². The minimum atomic E-state index is 0.834. The summed E-state index contributed by atoms with van der Waals surface area (Å²) in [6.45, 7) is 11.2. The van der Waals surface area contributed by atoms with E-state index in [1.807, 2.05) is 12.2 Å². The summed E-state index contributed by atoms with van der Waals surface area (Å²) in [4.78, 5) is 0. The van der Waals surface area contributed by atoms with E-state index < -0.39 is 0 Å². The highest BCUT2D eigenvalue weighted by molar-refractivity contribution is 5.35. The summed E-state index contributed by atoms with van der Waals surface area (Å²) in [5, 5.41) is 6.94. The van der Waals surface area contributed by atoms with Crippen molar-refractivity contribution in [3.8, 4) is 0 Å². The van der Waals surface area contributed by atoms with Gasteiger partial charge in [-0.3, -0.25) is 0 Å². The van der Waals surface area contributed by atoms with Crippen LogP contribution in [0.4, 0.5) is 0 Å².